The van der Waals surface area contributed by atoms with Crippen LogP contribution in [0.3, 0.4) is 0 Å². The highest BCUT2D eigenvalue weighted by Gasteiger charge is 2.29. The van der Waals surface area contributed by atoms with E-state index in [-0.39, 0.29) is 24.9 Å². The molecule has 0 spiro atoms. The van der Waals surface area contributed by atoms with Crippen molar-refractivity contribution in [1.82, 2.24) is 10.6 Å². The van der Waals surface area contributed by atoms with Gasteiger partial charge in [0.15, 0.2) is 0 Å². The van der Waals surface area contributed by atoms with Crippen molar-refractivity contribution in [3.8, 4) is 11.1 Å². The van der Waals surface area contributed by atoms with E-state index in [1.54, 1.807) is 0 Å². The van der Waals surface area contributed by atoms with Crippen LogP contribution in [-0.4, -0.2) is 55.3 Å². The van der Waals surface area contributed by atoms with Crippen LogP contribution < -0.4 is 10.6 Å². The van der Waals surface area contributed by atoms with Gasteiger partial charge < -0.3 is 25.2 Å². The topological polar surface area (TPSA) is 131 Å². The van der Waals surface area contributed by atoms with Crippen molar-refractivity contribution in [3.63, 3.8) is 0 Å². The lowest BCUT2D eigenvalue weighted by Gasteiger charge is -2.17. The highest BCUT2D eigenvalue weighted by molar-refractivity contribution is 5.87. The smallest absolute Gasteiger partial charge is 0.407 e. The Morgan fingerprint density at radius 1 is 0.971 bits per heavy atom. The van der Waals surface area contributed by atoms with Crippen molar-refractivity contribution < 1.29 is 33.8 Å². The minimum Gasteiger partial charge on any atom is -0.480 e. The fraction of sp³-hybridized carbons (Fsp3) is 0.385. The number of nitrogens with one attached hydrogen (secondary N) is 2. The largest absolute Gasteiger partial charge is 0.480 e. The van der Waals surface area contributed by atoms with Crippen LogP contribution in [0.5, 0.6) is 0 Å². The fourth-order valence-electron chi connectivity index (χ4n) is 4.19. The summed E-state index contributed by atoms with van der Waals surface area (Å²) in [5.74, 6) is -2.68. The summed E-state index contributed by atoms with van der Waals surface area (Å²) in [6.07, 6.45) is -0.438. The molecule has 3 rings (SSSR count). The summed E-state index contributed by atoms with van der Waals surface area (Å²) in [5, 5.41) is 14.2. The van der Waals surface area contributed by atoms with Gasteiger partial charge in [-0.2, -0.15) is 0 Å². The number of methoxy groups -OCH3 is 1. The standard InChI is InChI=1S/C26H30N2O7/c1-16(13-23(29)28-22(25(31)32)14-24(30)34-2)11-12-27-26(33)35-15-21-19-9-5-3-7-17(19)18-8-4-6-10-20(18)21/h3-10,16,21-22H,11-15H2,1-2H3,(H,27,33)(H,28,29)(H,31,32)/t16?,22-/m0/s1. The SMILES string of the molecule is COC(=O)C[C@H](NC(=O)CC(C)CCNC(=O)OCC1c2ccccc2-c2ccccc21)C(=O)O. The Bertz CT molecular complexity index is 1040. The number of rotatable bonds is 11. The Morgan fingerprint density at radius 2 is 1.57 bits per heavy atom. The molecule has 9 heteroatoms. The predicted octanol–water partition coefficient (Wildman–Crippen LogP) is 3.07. The van der Waals surface area contributed by atoms with Crippen LogP contribution in [0.1, 0.15) is 43.2 Å². The number of carbonyl (C=O) groups is 4. The first-order chi connectivity index (χ1) is 16.8. The first-order valence-corrected chi connectivity index (χ1v) is 11.5. The second kappa shape index (κ2) is 12.0. The van der Waals surface area contributed by atoms with Crippen LogP contribution in [0.2, 0.25) is 0 Å². The lowest BCUT2D eigenvalue weighted by molar-refractivity contribution is -0.148. The molecule has 2 amide bonds. The molecule has 2 aromatic rings. The number of carboxylic acids is 1. The fourth-order valence-corrected chi connectivity index (χ4v) is 4.19. The van der Waals surface area contributed by atoms with Crippen molar-refractivity contribution in [3.05, 3.63) is 59.7 Å². The summed E-state index contributed by atoms with van der Waals surface area (Å²) in [6.45, 7) is 2.33. The molecule has 0 saturated carbocycles. The zero-order valence-corrected chi connectivity index (χ0v) is 19.8. The van der Waals surface area contributed by atoms with Crippen LogP contribution in [0.25, 0.3) is 11.1 Å². The molecule has 0 radical (unpaired) electrons. The van der Waals surface area contributed by atoms with Crippen LogP contribution in [-0.2, 0) is 23.9 Å². The molecule has 3 N–H and O–H groups in total. The van der Waals surface area contributed by atoms with E-state index >= 15 is 0 Å². The summed E-state index contributed by atoms with van der Waals surface area (Å²) in [6, 6.07) is 14.8. The summed E-state index contributed by atoms with van der Waals surface area (Å²) in [7, 11) is 1.15. The highest BCUT2D eigenvalue weighted by atomic mass is 16.5. The predicted molar refractivity (Wildman–Crippen MR) is 128 cm³/mol. The number of carbonyl (C=O) groups excluding carboxylic acids is 3. The van der Waals surface area contributed by atoms with E-state index in [0.717, 1.165) is 29.4 Å². The molecular weight excluding hydrogens is 452 g/mol. The number of alkyl carbamates (subject to hydrolysis) is 1. The van der Waals surface area contributed by atoms with E-state index in [0.29, 0.717) is 13.0 Å². The molecule has 1 aliphatic carbocycles. The zero-order valence-electron chi connectivity index (χ0n) is 19.8. The Labute approximate surface area is 203 Å². The van der Waals surface area contributed by atoms with Gasteiger partial charge in [-0.05, 0) is 34.6 Å². The quantitative estimate of drug-likeness (QED) is 0.420. The third kappa shape index (κ3) is 6.81. The van der Waals surface area contributed by atoms with Crippen molar-refractivity contribution in [1.29, 1.82) is 0 Å². The van der Waals surface area contributed by atoms with Gasteiger partial charge >= 0.3 is 18.0 Å². The van der Waals surface area contributed by atoms with Gasteiger partial charge in [-0.15, -0.1) is 0 Å². The molecule has 2 aromatic carbocycles. The average molecular weight is 483 g/mol. The third-order valence-electron chi connectivity index (χ3n) is 6.02. The first-order valence-electron chi connectivity index (χ1n) is 11.5. The maximum absolute atomic E-state index is 12.3. The maximum atomic E-state index is 12.3. The van der Waals surface area contributed by atoms with Gasteiger partial charge in [0.05, 0.1) is 13.5 Å². The number of ether oxygens (including phenoxy) is 2. The van der Waals surface area contributed by atoms with Crippen molar-refractivity contribution in [2.45, 2.75) is 38.1 Å². The normalized spacial score (nSPS) is 13.7. The molecule has 0 saturated heterocycles. The molecule has 0 aromatic heterocycles. The Balaban J connectivity index is 1.41. The van der Waals surface area contributed by atoms with E-state index in [2.05, 4.69) is 27.5 Å². The molecule has 0 heterocycles. The van der Waals surface area contributed by atoms with Gasteiger partial charge in [0.1, 0.15) is 12.6 Å². The van der Waals surface area contributed by atoms with Crippen molar-refractivity contribution in [2.24, 2.45) is 5.92 Å². The van der Waals surface area contributed by atoms with E-state index < -0.39 is 36.4 Å². The van der Waals surface area contributed by atoms with Gasteiger partial charge in [-0.25, -0.2) is 9.59 Å². The Hall–Kier alpha value is -3.88. The molecule has 35 heavy (non-hydrogen) atoms. The van der Waals surface area contributed by atoms with Crippen LogP contribution in [0.4, 0.5) is 4.79 Å². The monoisotopic (exact) mass is 482 g/mol. The highest BCUT2D eigenvalue weighted by Crippen LogP contribution is 2.44. The minimum absolute atomic E-state index is 0.0251. The van der Waals surface area contributed by atoms with E-state index in [1.807, 2.05) is 43.3 Å². The number of fused-ring (bicyclic) bond motifs is 3. The summed E-state index contributed by atoms with van der Waals surface area (Å²) in [4.78, 5) is 46.9. The van der Waals surface area contributed by atoms with Crippen molar-refractivity contribution >= 4 is 23.9 Å². The molecule has 2 atom stereocenters. The van der Waals surface area contributed by atoms with Crippen molar-refractivity contribution in [2.75, 3.05) is 20.3 Å². The van der Waals surface area contributed by atoms with Gasteiger partial charge in [0, 0.05) is 18.9 Å². The third-order valence-corrected chi connectivity index (χ3v) is 6.02. The molecule has 0 bridgehead atoms. The molecule has 186 valence electrons. The van der Waals surface area contributed by atoms with E-state index in [1.165, 1.54) is 0 Å². The Kier molecular flexibility index (Phi) is 8.83. The lowest BCUT2D eigenvalue weighted by atomic mass is 9.98. The molecule has 0 fully saturated rings. The maximum Gasteiger partial charge on any atom is 0.407 e. The average Bonchev–Trinajstić information content (AvgIpc) is 3.15. The number of hydrogen-bond donors (Lipinski definition) is 3. The molecular formula is C26H30N2O7. The molecule has 0 aliphatic heterocycles. The van der Waals surface area contributed by atoms with Crippen LogP contribution in [0, 0.1) is 5.92 Å². The van der Waals surface area contributed by atoms with Crippen LogP contribution >= 0.6 is 0 Å². The number of amides is 2. The zero-order chi connectivity index (χ0) is 25.4. The first kappa shape index (κ1) is 25.7. The summed E-state index contributed by atoms with van der Waals surface area (Å²) < 4.78 is 9.94. The second-order valence-corrected chi connectivity index (χ2v) is 8.59. The van der Waals surface area contributed by atoms with Gasteiger partial charge in [-0.3, -0.25) is 9.59 Å². The molecule has 9 nitrogen and oxygen atoms in total. The van der Waals surface area contributed by atoms with Gasteiger partial charge in [0.2, 0.25) is 5.91 Å². The summed E-state index contributed by atoms with van der Waals surface area (Å²) >= 11 is 0. The molecule has 1 unspecified atom stereocenters. The van der Waals surface area contributed by atoms with E-state index in [4.69, 9.17) is 9.84 Å². The van der Waals surface area contributed by atoms with E-state index in [9.17, 15) is 19.2 Å². The number of hydrogen-bond acceptors (Lipinski definition) is 6. The van der Waals surface area contributed by atoms with Crippen LogP contribution in [0.15, 0.2) is 48.5 Å². The molecule has 1 aliphatic rings. The van der Waals surface area contributed by atoms with Gasteiger partial charge in [0.25, 0.3) is 0 Å². The number of benzene rings is 2. The number of carboxylic acid groups (broad SMARTS) is 1. The lowest BCUT2D eigenvalue weighted by Crippen LogP contribution is -2.43. The number of aliphatic carboxylic acids is 1. The van der Waals surface area contributed by atoms with Gasteiger partial charge in [-0.1, -0.05) is 55.5 Å². The number of esters is 1. The minimum atomic E-state index is -1.35. The second-order valence-electron chi connectivity index (χ2n) is 8.59. The summed E-state index contributed by atoms with van der Waals surface area (Å²) in [5.41, 5.74) is 4.57. The Morgan fingerprint density at radius 3 is 2.14 bits per heavy atom.